The first kappa shape index (κ1) is 22.7. The lowest BCUT2D eigenvalue weighted by Gasteiger charge is -2.52. The van der Waals surface area contributed by atoms with Gasteiger partial charge in [-0.15, -0.1) is 0 Å². The van der Waals surface area contributed by atoms with Crippen LogP contribution in [0, 0.1) is 11.3 Å². The fourth-order valence-corrected chi connectivity index (χ4v) is 4.21. The number of rotatable bonds is 5. The van der Waals surface area contributed by atoms with Crippen molar-refractivity contribution in [2.24, 2.45) is 11.3 Å². The van der Waals surface area contributed by atoms with Crippen LogP contribution in [0.5, 0.6) is 0 Å². The van der Waals surface area contributed by atoms with Gasteiger partial charge in [0.25, 0.3) is 0 Å². The van der Waals surface area contributed by atoms with Gasteiger partial charge in [-0.2, -0.15) is 0 Å². The monoisotopic (exact) mass is 390 g/mol. The average Bonchev–Trinajstić information content (AvgIpc) is 2.58. The van der Waals surface area contributed by atoms with Crippen molar-refractivity contribution in [3.8, 4) is 0 Å². The molecule has 0 unspecified atom stereocenters. The van der Waals surface area contributed by atoms with E-state index >= 15 is 0 Å². The maximum Gasteiger partial charge on any atom is 0.186 e. The van der Waals surface area contributed by atoms with Gasteiger partial charge < -0.3 is 40.1 Å². The molecule has 1 aliphatic heterocycles. The second kappa shape index (κ2) is 8.42. The van der Waals surface area contributed by atoms with Crippen LogP contribution in [-0.2, 0) is 9.47 Å². The van der Waals surface area contributed by atoms with E-state index in [2.05, 4.69) is 0 Å². The van der Waals surface area contributed by atoms with E-state index in [4.69, 9.17) is 9.47 Å². The molecule has 0 spiro atoms. The molecule has 0 amide bonds. The summed E-state index contributed by atoms with van der Waals surface area (Å²) >= 11 is 0. The highest BCUT2D eigenvalue weighted by atomic mass is 16.7. The van der Waals surface area contributed by atoms with Gasteiger partial charge in [0.2, 0.25) is 0 Å². The van der Waals surface area contributed by atoms with E-state index in [1.165, 1.54) is 0 Å². The van der Waals surface area contributed by atoms with Crippen LogP contribution in [0.1, 0.15) is 40.5 Å². The molecule has 0 bridgehead atoms. The number of hydrogen-bond acceptors (Lipinski definition) is 8. The van der Waals surface area contributed by atoms with Crippen molar-refractivity contribution in [2.75, 3.05) is 6.61 Å². The summed E-state index contributed by atoms with van der Waals surface area (Å²) in [6.45, 7) is 6.79. The second-order valence-corrected chi connectivity index (χ2v) is 8.61. The Morgan fingerprint density at radius 3 is 2.33 bits per heavy atom. The molecule has 1 saturated heterocycles. The SMILES string of the molecule is C[C@@H](O)/C=C/[C@@]1(O)[C@@H](C)C[C@@H](O[C@@H]2O[C@H](CO)[C@@H](O)[C@H](O)[C@H]2O)CC1(C)C. The predicted octanol–water partition coefficient (Wildman–Crippen LogP) is -0.704. The summed E-state index contributed by atoms with van der Waals surface area (Å²) in [7, 11) is 0. The van der Waals surface area contributed by atoms with Crippen LogP contribution in [0.15, 0.2) is 12.2 Å². The predicted molar refractivity (Wildman–Crippen MR) is 96.6 cm³/mol. The van der Waals surface area contributed by atoms with Gasteiger partial charge in [-0.25, -0.2) is 0 Å². The van der Waals surface area contributed by atoms with Crippen LogP contribution in [0.3, 0.4) is 0 Å². The number of aliphatic hydroxyl groups is 6. The molecule has 2 aliphatic rings. The summed E-state index contributed by atoms with van der Waals surface area (Å²) in [4.78, 5) is 0. The van der Waals surface area contributed by atoms with Crippen LogP contribution in [0.2, 0.25) is 0 Å². The lowest BCUT2D eigenvalue weighted by molar-refractivity contribution is -0.319. The average molecular weight is 390 g/mol. The molecule has 1 heterocycles. The van der Waals surface area contributed by atoms with Gasteiger partial charge in [0, 0.05) is 0 Å². The van der Waals surface area contributed by atoms with E-state index in [1.807, 2.05) is 20.8 Å². The van der Waals surface area contributed by atoms with E-state index in [1.54, 1.807) is 19.1 Å². The first-order valence-electron chi connectivity index (χ1n) is 9.48. The van der Waals surface area contributed by atoms with Crippen LogP contribution in [0.4, 0.5) is 0 Å². The van der Waals surface area contributed by atoms with Crippen molar-refractivity contribution >= 4 is 0 Å². The summed E-state index contributed by atoms with van der Waals surface area (Å²) < 4.78 is 11.3. The minimum atomic E-state index is -1.49. The molecule has 8 heteroatoms. The molecule has 27 heavy (non-hydrogen) atoms. The Morgan fingerprint density at radius 1 is 1.19 bits per heavy atom. The summed E-state index contributed by atoms with van der Waals surface area (Å²) in [6.07, 6.45) is -3.46. The number of aliphatic hydroxyl groups excluding tert-OH is 5. The van der Waals surface area contributed by atoms with E-state index < -0.39 is 54.4 Å². The second-order valence-electron chi connectivity index (χ2n) is 8.61. The summed E-state index contributed by atoms with van der Waals surface area (Å²) in [5.41, 5.74) is -1.73. The molecular weight excluding hydrogens is 356 g/mol. The molecular formula is C19H34O8. The summed E-state index contributed by atoms with van der Waals surface area (Å²) in [5.74, 6) is -0.203. The van der Waals surface area contributed by atoms with Crippen LogP contribution >= 0.6 is 0 Å². The molecule has 1 aliphatic carbocycles. The third-order valence-electron chi connectivity index (χ3n) is 5.99. The molecule has 1 saturated carbocycles. The molecule has 2 rings (SSSR count). The first-order valence-corrected chi connectivity index (χ1v) is 9.48. The Bertz CT molecular complexity index is 520. The third kappa shape index (κ3) is 4.54. The van der Waals surface area contributed by atoms with E-state index in [0.29, 0.717) is 12.8 Å². The summed E-state index contributed by atoms with van der Waals surface area (Å²) in [5, 5.41) is 60.0. The highest BCUT2D eigenvalue weighted by Crippen LogP contribution is 2.49. The Hall–Kier alpha value is -0.580. The minimum absolute atomic E-state index is 0.203. The Balaban J connectivity index is 2.12. The van der Waals surface area contributed by atoms with Crippen LogP contribution in [0.25, 0.3) is 0 Å². The van der Waals surface area contributed by atoms with E-state index in [9.17, 15) is 30.6 Å². The van der Waals surface area contributed by atoms with Gasteiger partial charge in [-0.05, 0) is 31.1 Å². The lowest BCUT2D eigenvalue weighted by Crippen LogP contribution is -2.61. The van der Waals surface area contributed by atoms with Crippen LogP contribution in [-0.4, -0.2) is 85.8 Å². The van der Waals surface area contributed by atoms with Gasteiger partial charge in [0.1, 0.15) is 24.4 Å². The Kier molecular flexibility index (Phi) is 7.08. The van der Waals surface area contributed by atoms with Gasteiger partial charge >= 0.3 is 0 Å². The Labute approximate surface area is 160 Å². The molecule has 9 atom stereocenters. The largest absolute Gasteiger partial charge is 0.394 e. The molecule has 0 aromatic heterocycles. The normalized spacial score (nSPS) is 46.5. The quantitative estimate of drug-likeness (QED) is 0.339. The Morgan fingerprint density at radius 2 is 1.81 bits per heavy atom. The van der Waals surface area contributed by atoms with Crippen molar-refractivity contribution in [1.29, 1.82) is 0 Å². The zero-order valence-electron chi connectivity index (χ0n) is 16.4. The van der Waals surface area contributed by atoms with Gasteiger partial charge in [-0.3, -0.25) is 0 Å². The van der Waals surface area contributed by atoms with Crippen LogP contribution < -0.4 is 0 Å². The fraction of sp³-hybridized carbons (Fsp3) is 0.895. The molecule has 8 nitrogen and oxygen atoms in total. The molecule has 0 aromatic carbocycles. The molecule has 0 aromatic rings. The fourth-order valence-electron chi connectivity index (χ4n) is 4.21. The smallest absolute Gasteiger partial charge is 0.186 e. The van der Waals surface area contributed by atoms with Gasteiger partial charge in [0.05, 0.1) is 24.4 Å². The topological polar surface area (TPSA) is 140 Å². The maximum absolute atomic E-state index is 11.2. The summed E-state index contributed by atoms with van der Waals surface area (Å²) in [6, 6.07) is 0. The zero-order chi connectivity index (χ0) is 20.6. The van der Waals surface area contributed by atoms with Gasteiger partial charge in [0.15, 0.2) is 6.29 Å². The maximum atomic E-state index is 11.2. The molecule has 158 valence electrons. The van der Waals surface area contributed by atoms with E-state index in [0.717, 1.165) is 0 Å². The number of hydrogen-bond donors (Lipinski definition) is 6. The highest BCUT2D eigenvalue weighted by Gasteiger charge is 2.52. The van der Waals surface area contributed by atoms with Crippen molar-refractivity contribution in [3.63, 3.8) is 0 Å². The van der Waals surface area contributed by atoms with Gasteiger partial charge in [-0.1, -0.05) is 32.9 Å². The van der Waals surface area contributed by atoms with E-state index in [-0.39, 0.29) is 12.0 Å². The van der Waals surface area contributed by atoms with Crippen molar-refractivity contribution < 1.29 is 40.1 Å². The molecule has 6 N–H and O–H groups in total. The van der Waals surface area contributed by atoms with Crippen molar-refractivity contribution in [1.82, 2.24) is 0 Å². The highest BCUT2D eigenvalue weighted by molar-refractivity contribution is 5.15. The first-order chi connectivity index (χ1) is 12.4. The molecule has 0 radical (unpaired) electrons. The number of ether oxygens (including phenoxy) is 2. The standard InChI is InChI=1S/C19H34O8/c1-10-7-12(8-18(3,4)19(10,25)6-5-11(2)21)26-17-16(24)15(23)14(22)13(9-20)27-17/h5-6,10-17,20-25H,7-9H2,1-4H3/b6-5+/t10-,11+,12+,13+,14+,15-,16+,17+,19+/m0/s1. The third-order valence-corrected chi connectivity index (χ3v) is 5.99. The molecule has 2 fully saturated rings. The zero-order valence-corrected chi connectivity index (χ0v) is 16.4. The minimum Gasteiger partial charge on any atom is -0.394 e. The van der Waals surface area contributed by atoms with Crippen molar-refractivity contribution in [2.45, 2.75) is 89.1 Å². The lowest BCUT2D eigenvalue weighted by atomic mass is 9.59. The van der Waals surface area contributed by atoms with Crippen molar-refractivity contribution in [3.05, 3.63) is 12.2 Å².